The number of fused-ring (bicyclic) bond motifs is 1. The third-order valence-corrected chi connectivity index (χ3v) is 4.80. The molecule has 0 aliphatic carbocycles. The van der Waals surface area contributed by atoms with Gasteiger partial charge in [-0.25, -0.2) is 4.18 Å². The second-order valence-corrected chi connectivity index (χ2v) is 7.83. The average Bonchev–Trinajstić information content (AvgIpc) is 2.64. The Bertz CT molecular complexity index is 1050. The smallest absolute Gasteiger partial charge is 0.496 e. The van der Waals surface area contributed by atoms with E-state index in [4.69, 9.17) is 13.9 Å². The Kier molecular flexibility index (Phi) is 6.88. The molecule has 2 aromatic carbocycles. The van der Waals surface area contributed by atoms with Crippen LogP contribution in [0.2, 0.25) is 0 Å². The molecule has 158 valence electrons. The van der Waals surface area contributed by atoms with Crippen LogP contribution in [0.3, 0.4) is 0 Å². The van der Waals surface area contributed by atoms with E-state index in [9.17, 15) is 18.0 Å². The number of carbonyl (C=O) groups excluding carboxylic acids is 2. The lowest BCUT2D eigenvalue weighted by Crippen LogP contribution is -2.48. The summed E-state index contributed by atoms with van der Waals surface area (Å²) in [7, 11) is -5.05. The molecule has 0 bridgehead atoms. The second kappa shape index (κ2) is 9.39. The normalized spacial score (nSPS) is 17.5. The minimum Gasteiger partial charge on any atom is -0.496 e. The van der Waals surface area contributed by atoms with Gasteiger partial charge in [-0.15, -0.1) is 0 Å². The van der Waals surface area contributed by atoms with Gasteiger partial charge < -0.3 is 9.31 Å². The number of allylic oxidation sites excluding steroid dienone is 1. The van der Waals surface area contributed by atoms with E-state index in [-0.39, 0.29) is 13.1 Å². The first-order valence-electron chi connectivity index (χ1n) is 9.08. The minimum atomic E-state index is -4.91. The van der Waals surface area contributed by atoms with Crippen LogP contribution in [0.5, 0.6) is 0 Å². The van der Waals surface area contributed by atoms with E-state index in [1.807, 2.05) is 42.5 Å². The van der Waals surface area contributed by atoms with Gasteiger partial charge in [0.05, 0.1) is 13.1 Å². The number of carbonyl (C=O) groups is 2. The number of rotatable bonds is 6. The highest BCUT2D eigenvalue weighted by Gasteiger charge is 2.41. The Hall–Kier alpha value is -2.73. The first-order chi connectivity index (χ1) is 14.2. The topological polar surface area (TPSA) is 119 Å². The van der Waals surface area contributed by atoms with Crippen molar-refractivity contribution >= 4 is 40.2 Å². The molecule has 1 heterocycles. The van der Waals surface area contributed by atoms with Crippen molar-refractivity contribution in [1.29, 1.82) is 0 Å². The standard InChI is InChI=1S/C19H20BNO8S/c1-21-12-18(22)27-20(28-19(23)13-21)17(29-30(24,25)26)11-5-9-15-8-4-7-14-6-2-3-10-16(14)15/h2-8,10-11,17H,9,12-13H2,1H3,(H,24,25,26). The van der Waals surface area contributed by atoms with Gasteiger partial charge in [-0.2, -0.15) is 8.42 Å². The minimum absolute atomic E-state index is 0.191. The monoisotopic (exact) mass is 433 g/mol. The fraction of sp³-hybridized carbons (Fsp3) is 0.263. The second-order valence-electron chi connectivity index (χ2n) is 6.78. The molecule has 1 N–H and O–H groups in total. The Morgan fingerprint density at radius 1 is 1.13 bits per heavy atom. The van der Waals surface area contributed by atoms with Gasteiger partial charge >= 0.3 is 29.5 Å². The van der Waals surface area contributed by atoms with Crippen molar-refractivity contribution in [3.63, 3.8) is 0 Å². The largest absolute Gasteiger partial charge is 0.635 e. The third kappa shape index (κ3) is 6.13. The molecule has 1 saturated heterocycles. The molecular formula is C19H20BNO8S. The zero-order valence-electron chi connectivity index (χ0n) is 16.1. The molecule has 0 radical (unpaired) electrons. The van der Waals surface area contributed by atoms with E-state index in [1.54, 1.807) is 6.08 Å². The van der Waals surface area contributed by atoms with Crippen molar-refractivity contribution in [2.75, 3.05) is 20.1 Å². The number of likely N-dealkylation sites (N-methyl/N-ethyl adjacent to an activating group) is 1. The summed E-state index contributed by atoms with van der Waals surface area (Å²) in [6, 6.07) is 12.0. The van der Waals surface area contributed by atoms with Gasteiger partial charge in [-0.05, 0) is 29.8 Å². The molecule has 1 aliphatic rings. The molecule has 11 heteroatoms. The lowest BCUT2D eigenvalue weighted by Gasteiger charge is -2.25. The highest BCUT2D eigenvalue weighted by Crippen LogP contribution is 2.19. The third-order valence-electron chi connectivity index (χ3n) is 4.34. The first-order valence-corrected chi connectivity index (χ1v) is 10.4. The Labute approximate surface area is 174 Å². The van der Waals surface area contributed by atoms with E-state index in [0.29, 0.717) is 6.42 Å². The summed E-state index contributed by atoms with van der Waals surface area (Å²) in [4.78, 5) is 25.2. The zero-order chi connectivity index (χ0) is 21.7. The van der Waals surface area contributed by atoms with Gasteiger partial charge in [-0.1, -0.05) is 54.6 Å². The lowest BCUT2D eigenvalue weighted by atomic mass is 9.80. The van der Waals surface area contributed by atoms with E-state index >= 15 is 0 Å². The maximum atomic E-state index is 11.9. The van der Waals surface area contributed by atoms with Crippen LogP contribution in [0.15, 0.2) is 54.6 Å². The zero-order valence-corrected chi connectivity index (χ0v) is 16.9. The predicted octanol–water partition coefficient (Wildman–Crippen LogP) is 1.19. The maximum Gasteiger partial charge on any atom is 0.635 e. The Morgan fingerprint density at radius 2 is 1.77 bits per heavy atom. The molecule has 1 unspecified atom stereocenters. The quantitative estimate of drug-likeness (QED) is 0.407. The van der Waals surface area contributed by atoms with Crippen LogP contribution in [0.4, 0.5) is 0 Å². The van der Waals surface area contributed by atoms with E-state index in [1.165, 1.54) is 18.0 Å². The summed E-state index contributed by atoms with van der Waals surface area (Å²) < 4.78 is 46.3. The summed E-state index contributed by atoms with van der Waals surface area (Å²) in [6.45, 7) is -0.381. The van der Waals surface area contributed by atoms with Crippen molar-refractivity contribution < 1.29 is 36.1 Å². The molecular weight excluding hydrogens is 413 g/mol. The van der Waals surface area contributed by atoms with Crippen LogP contribution < -0.4 is 0 Å². The molecule has 0 spiro atoms. The van der Waals surface area contributed by atoms with Gasteiger partial charge in [-0.3, -0.25) is 19.0 Å². The summed E-state index contributed by atoms with van der Waals surface area (Å²) in [5.74, 6) is -1.47. The summed E-state index contributed by atoms with van der Waals surface area (Å²) in [6.07, 6.45) is 3.25. The van der Waals surface area contributed by atoms with Crippen molar-refractivity contribution in [1.82, 2.24) is 4.90 Å². The molecule has 1 atom stereocenters. The van der Waals surface area contributed by atoms with E-state index in [0.717, 1.165) is 16.3 Å². The molecule has 0 amide bonds. The molecule has 2 aromatic rings. The number of nitrogens with zero attached hydrogens (tertiary/aromatic N) is 1. The van der Waals surface area contributed by atoms with E-state index in [2.05, 4.69) is 4.18 Å². The van der Waals surface area contributed by atoms with Crippen LogP contribution in [0.1, 0.15) is 5.56 Å². The highest BCUT2D eigenvalue weighted by atomic mass is 32.3. The lowest BCUT2D eigenvalue weighted by molar-refractivity contribution is -0.146. The highest BCUT2D eigenvalue weighted by molar-refractivity contribution is 7.81. The van der Waals surface area contributed by atoms with Gasteiger partial charge in [0.25, 0.3) is 0 Å². The summed E-state index contributed by atoms with van der Waals surface area (Å²) in [5, 5.41) is 2.06. The molecule has 3 rings (SSSR count). The summed E-state index contributed by atoms with van der Waals surface area (Å²) >= 11 is 0. The van der Waals surface area contributed by atoms with Crippen molar-refractivity contribution in [3.8, 4) is 0 Å². The molecule has 1 aliphatic heterocycles. The number of hydrogen-bond donors (Lipinski definition) is 1. The van der Waals surface area contributed by atoms with E-state index < -0.39 is 35.5 Å². The number of hydrogen-bond acceptors (Lipinski definition) is 8. The molecule has 0 saturated carbocycles. The van der Waals surface area contributed by atoms with Crippen molar-refractivity contribution in [3.05, 3.63) is 60.2 Å². The number of benzene rings is 2. The van der Waals surface area contributed by atoms with Crippen LogP contribution in [0.25, 0.3) is 10.8 Å². The van der Waals surface area contributed by atoms with Crippen molar-refractivity contribution in [2.24, 2.45) is 0 Å². The summed E-state index contributed by atoms with van der Waals surface area (Å²) in [5.41, 5.74) is 0.961. The Morgan fingerprint density at radius 3 is 2.43 bits per heavy atom. The fourth-order valence-corrected chi connectivity index (χ4v) is 3.53. The maximum absolute atomic E-state index is 11.9. The van der Waals surface area contributed by atoms with Gasteiger partial charge in [0.1, 0.15) is 0 Å². The molecule has 0 aromatic heterocycles. The van der Waals surface area contributed by atoms with Gasteiger partial charge in [0.15, 0.2) is 6.00 Å². The SMILES string of the molecule is CN1CC(=O)OB(C(C=CCc2cccc3ccccc23)OS(=O)(=O)O)OC(=O)C1. The van der Waals surface area contributed by atoms with Gasteiger partial charge in [0, 0.05) is 0 Å². The average molecular weight is 433 g/mol. The molecule has 1 fully saturated rings. The van der Waals surface area contributed by atoms with Crippen LogP contribution in [-0.4, -0.2) is 63.1 Å². The van der Waals surface area contributed by atoms with Gasteiger partial charge in [0.2, 0.25) is 0 Å². The van der Waals surface area contributed by atoms with Crippen LogP contribution in [0, 0.1) is 0 Å². The fourth-order valence-electron chi connectivity index (χ4n) is 3.10. The van der Waals surface area contributed by atoms with Crippen LogP contribution in [-0.2, 0) is 39.9 Å². The predicted molar refractivity (Wildman–Crippen MR) is 109 cm³/mol. The van der Waals surface area contributed by atoms with Crippen molar-refractivity contribution in [2.45, 2.75) is 12.4 Å². The first kappa shape index (κ1) is 22.0. The Balaban J connectivity index is 1.82. The molecule has 9 nitrogen and oxygen atoms in total. The van der Waals surface area contributed by atoms with Crippen LogP contribution >= 0.6 is 0 Å². The molecule has 30 heavy (non-hydrogen) atoms.